The molecule has 0 spiro atoms. The van der Waals surface area contributed by atoms with E-state index in [1.54, 1.807) is 6.07 Å². The monoisotopic (exact) mass is 207 g/mol. The van der Waals surface area contributed by atoms with Gasteiger partial charge in [-0.25, -0.2) is 4.39 Å². The summed E-state index contributed by atoms with van der Waals surface area (Å²) in [7, 11) is 0. The van der Waals surface area contributed by atoms with Crippen molar-refractivity contribution in [3.05, 3.63) is 35.8 Å². The summed E-state index contributed by atoms with van der Waals surface area (Å²) in [5, 5.41) is 1.08. The first-order chi connectivity index (χ1) is 7.22. The third kappa shape index (κ3) is 2.82. The van der Waals surface area contributed by atoms with Crippen molar-refractivity contribution in [2.45, 2.75) is 33.6 Å². The van der Waals surface area contributed by atoms with Crippen LogP contribution in [-0.4, -0.2) is 4.98 Å². The molecule has 0 unspecified atom stereocenters. The Balaban J connectivity index is 0.000000337. The van der Waals surface area contributed by atoms with Crippen molar-refractivity contribution in [2.24, 2.45) is 0 Å². The lowest BCUT2D eigenvalue weighted by atomic mass is 10.1. The SMILES string of the molecule is CCC.CCc1cc2cc[nH]c2cc1F. The van der Waals surface area contributed by atoms with Crippen molar-refractivity contribution in [3.8, 4) is 0 Å². The molecular formula is C13H18FN. The third-order valence-electron chi connectivity index (χ3n) is 2.10. The average Bonchev–Trinajstić information content (AvgIpc) is 2.64. The Kier molecular flexibility index (Phi) is 4.35. The Hall–Kier alpha value is -1.31. The van der Waals surface area contributed by atoms with E-state index in [4.69, 9.17) is 0 Å². The lowest BCUT2D eigenvalue weighted by Crippen LogP contribution is -1.86. The number of benzene rings is 1. The lowest BCUT2D eigenvalue weighted by molar-refractivity contribution is 0.614. The fraction of sp³-hybridized carbons (Fsp3) is 0.385. The molecule has 1 aromatic carbocycles. The summed E-state index contributed by atoms with van der Waals surface area (Å²) in [5.41, 5.74) is 1.65. The second-order valence-electron chi connectivity index (χ2n) is 3.57. The van der Waals surface area contributed by atoms with Crippen LogP contribution < -0.4 is 0 Å². The van der Waals surface area contributed by atoms with Gasteiger partial charge in [-0.05, 0) is 35.6 Å². The van der Waals surface area contributed by atoms with E-state index in [-0.39, 0.29) is 5.82 Å². The van der Waals surface area contributed by atoms with Gasteiger partial charge in [0.25, 0.3) is 0 Å². The highest BCUT2D eigenvalue weighted by molar-refractivity contribution is 5.80. The van der Waals surface area contributed by atoms with Crippen molar-refractivity contribution in [1.82, 2.24) is 4.98 Å². The van der Waals surface area contributed by atoms with Crippen LogP contribution in [0.4, 0.5) is 4.39 Å². The van der Waals surface area contributed by atoms with Crippen molar-refractivity contribution in [2.75, 3.05) is 0 Å². The molecule has 0 bridgehead atoms. The van der Waals surface area contributed by atoms with Crippen molar-refractivity contribution < 1.29 is 4.39 Å². The number of fused-ring (bicyclic) bond motifs is 1. The zero-order valence-electron chi connectivity index (χ0n) is 9.60. The van der Waals surface area contributed by atoms with Crippen LogP contribution in [-0.2, 0) is 6.42 Å². The van der Waals surface area contributed by atoms with Gasteiger partial charge in [-0.15, -0.1) is 0 Å². The van der Waals surface area contributed by atoms with E-state index in [1.165, 1.54) is 6.42 Å². The highest BCUT2D eigenvalue weighted by Gasteiger charge is 2.02. The van der Waals surface area contributed by atoms with Gasteiger partial charge in [0.1, 0.15) is 5.82 Å². The van der Waals surface area contributed by atoms with Crippen LogP contribution in [0, 0.1) is 5.82 Å². The largest absolute Gasteiger partial charge is 0.361 e. The molecule has 2 rings (SSSR count). The van der Waals surface area contributed by atoms with Crippen LogP contribution >= 0.6 is 0 Å². The highest BCUT2D eigenvalue weighted by atomic mass is 19.1. The number of halogens is 1. The maximum atomic E-state index is 13.2. The maximum Gasteiger partial charge on any atom is 0.128 e. The first-order valence-corrected chi connectivity index (χ1v) is 5.48. The van der Waals surface area contributed by atoms with Crippen LogP contribution in [0.5, 0.6) is 0 Å². The van der Waals surface area contributed by atoms with E-state index in [0.717, 1.165) is 22.9 Å². The van der Waals surface area contributed by atoms with E-state index >= 15 is 0 Å². The Morgan fingerprint density at radius 3 is 2.47 bits per heavy atom. The Labute approximate surface area is 90.3 Å². The predicted octanol–water partition coefficient (Wildman–Crippen LogP) is 4.29. The summed E-state index contributed by atoms with van der Waals surface area (Å²) in [4.78, 5) is 2.97. The predicted molar refractivity (Wildman–Crippen MR) is 63.6 cm³/mol. The molecule has 0 saturated carbocycles. The highest BCUT2D eigenvalue weighted by Crippen LogP contribution is 2.17. The Morgan fingerprint density at radius 1 is 1.20 bits per heavy atom. The minimum atomic E-state index is -0.118. The van der Waals surface area contributed by atoms with Gasteiger partial charge in [-0.3, -0.25) is 0 Å². The lowest BCUT2D eigenvalue weighted by Gasteiger charge is -1.98. The van der Waals surface area contributed by atoms with Gasteiger partial charge in [0.15, 0.2) is 0 Å². The van der Waals surface area contributed by atoms with Gasteiger partial charge >= 0.3 is 0 Å². The molecule has 1 N–H and O–H groups in total. The van der Waals surface area contributed by atoms with Crippen LogP contribution in [0.25, 0.3) is 10.9 Å². The first kappa shape index (κ1) is 11.8. The second kappa shape index (κ2) is 5.54. The van der Waals surface area contributed by atoms with Crippen LogP contribution in [0.2, 0.25) is 0 Å². The summed E-state index contributed by atoms with van der Waals surface area (Å²) in [6.07, 6.45) is 3.82. The summed E-state index contributed by atoms with van der Waals surface area (Å²) in [6.45, 7) is 6.21. The summed E-state index contributed by atoms with van der Waals surface area (Å²) in [6, 6.07) is 5.39. The Morgan fingerprint density at radius 2 is 1.87 bits per heavy atom. The van der Waals surface area contributed by atoms with Gasteiger partial charge < -0.3 is 4.98 Å². The molecule has 0 aliphatic rings. The molecule has 15 heavy (non-hydrogen) atoms. The smallest absolute Gasteiger partial charge is 0.128 e. The van der Waals surface area contributed by atoms with Crippen LogP contribution in [0.1, 0.15) is 32.8 Å². The third-order valence-corrected chi connectivity index (χ3v) is 2.10. The molecule has 0 radical (unpaired) electrons. The van der Waals surface area contributed by atoms with E-state index in [1.807, 2.05) is 25.3 Å². The molecule has 0 aliphatic heterocycles. The number of H-pyrrole nitrogens is 1. The maximum absolute atomic E-state index is 13.2. The van der Waals surface area contributed by atoms with Gasteiger partial charge in [-0.2, -0.15) is 0 Å². The summed E-state index contributed by atoms with van der Waals surface area (Å²) in [5.74, 6) is -0.118. The zero-order valence-corrected chi connectivity index (χ0v) is 9.60. The number of nitrogens with one attached hydrogen (secondary N) is 1. The molecule has 1 aromatic heterocycles. The Bertz CT molecular complexity index is 417. The molecule has 1 heterocycles. The fourth-order valence-electron chi connectivity index (χ4n) is 1.39. The molecule has 82 valence electrons. The topological polar surface area (TPSA) is 15.8 Å². The zero-order chi connectivity index (χ0) is 11.3. The van der Waals surface area contributed by atoms with Gasteiger partial charge in [-0.1, -0.05) is 27.2 Å². The number of rotatable bonds is 1. The number of aromatic nitrogens is 1. The van der Waals surface area contributed by atoms with Crippen molar-refractivity contribution in [1.29, 1.82) is 0 Å². The normalized spacial score (nSPS) is 9.87. The molecule has 0 aliphatic carbocycles. The van der Waals surface area contributed by atoms with Gasteiger partial charge in [0.2, 0.25) is 0 Å². The number of hydrogen-bond acceptors (Lipinski definition) is 0. The van der Waals surface area contributed by atoms with Gasteiger partial charge in [0, 0.05) is 11.7 Å². The fourth-order valence-corrected chi connectivity index (χ4v) is 1.39. The quantitative estimate of drug-likeness (QED) is 0.718. The van der Waals surface area contributed by atoms with Crippen molar-refractivity contribution in [3.63, 3.8) is 0 Å². The standard InChI is InChI=1S/C10H10FN.C3H8/c1-2-7-5-8-3-4-12-10(8)6-9(7)11;1-3-2/h3-6,12H,2H2,1H3;3H2,1-2H3. The summed E-state index contributed by atoms with van der Waals surface area (Å²) >= 11 is 0. The van der Waals surface area contributed by atoms with E-state index in [0.29, 0.717) is 0 Å². The molecule has 0 amide bonds. The summed E-state index contributed by atoms with van der Waals surface area (Å²) < 4.78 is 13.2. The van der Waals surface area contributed by atoms with Crippen molar-refractivity contribution >= 4 is 10.9 Å². The number of aryl methyl sites for hydroxylation is 1. The molecule has 0 saturated heterocycles. The molecule has 2 heteroatoms. The average molecular weight is 207 g/mol. The van der Waals surface area contributed by atoms with Gasteiger partial charge in [0.05, 0.1) is 0 Å². The number of hydrogen-bond donors (Lipinski definition) is 1. The van der Waals surface area contributed by atoms with E-state index < -0.39 is 0 Å². The van der Waals surface area contributed by atoms with Crippen LogP contribution in [0.3, 0.4) is 0 Å². The molecule has 0 atom stereocenters. The first-order valence-electron chi connectivity index (χ1n) is 5.48. The molecule has 2 aromatic rings. The molecule has 0 fully saturated rings. The van der Waals surface area contributed by atoms with E-state index in [2.05, 4.69) is 18.8 Å². The second-order valence-corrected chi connectivity index (χ2v) is 3.57. The molecular weight excluding hydrogens is 189 g/mol. The number of aromatic amines is 1. The van der Waals surface area contributed by atoms with E-state index in [9.17, 15) is 4.39 Å². The van der Waals surface area contributed by atoms with Crippen LogP contribution in [0.15, 0.2) is 24.4 Å². The minimum absolute atomic E-state index is 0.118. The molecule has 1 nitrogen and oxygen atoms in total. The minimum Gasteiger partial charge on any atom is -0.361 e.